The van der Waals surface area contributed by atoms with Gasteiger partial charge in [-0.1, -0.05) is 6.92 Å². The second kappa shape index (κ2) is 5.93. The van der Waals surface area contributed by atoms with Crippen LogP contribution in [0.3, 0.4) is 0 Å². The van der Waals surface area contributed by atoms with Gasteiger partial charge in [-0.3, -0.25) is 0 Å². The Morgan fingerprint density at radius 2 is 2.07 bits per heavy atom. The fourth-order valence-electron chi connectivity index (χ4n) is 0.749. The summed E-state index contributed by atoms with van der Waals surface area (Å²) in [6.45, 7) is -0.891. The molecule has 4 nitrogen and oxygen atoms in total. The van der Waals surface area contributed by atoms with Crippen LogP contribution < -0.4 is 4.72 Å². The maximum atomic E-state index is 12.5. The van der Waals surface area contributed by atoms with E-state index in [4.69, 9.17) is 16.7 Å². The molecule has 0 bridgehead atoms. The van der Waals surface area contributed by atoms with Gasteiger partial charge in [0.2, 0.25) is 10.0 Å². The highest BCUT2D eigenvalue weighted by Gasteiger charge is 2.29. The first-order valence-electron chi connectivity index (χ1n) is 4.24. The molecule has 0 aliphatic rings. The van der Waals surface area contributed by atoms with Crippen molar-refractivity contribution in [1.29, 1.82) is 0 Å². The zero-order valence-corrected chi connectivity index (χ0v) is 9.78. The number of aliphatic hydroxyl groups is 1. The van der Waals surface area contributed by atoms with E-state index in [1.54, 1.807) is 11.6 Å². The zero-order chi connectivity index (χ0) is 12.1. The summed E-state index contributed by atoms with van der Waals surface area (Å²) in [5.41, 5.74) is 0. The molecule has 0 fully saturated rings. The Morgan fingerprint density at radius 3 is 2.47 bits per heavy atom. The topological polar surface area (TPSA) is 66.4 Å². The lowest BCUT2D eigenvalue weighted by Gasteiger charge is -2.15. The van der Waals surface area contributed by atoms with Gasteiger partial charge in [-0.15, -0.1) is 11.6 Å². The zero-order valence-electron chi connectivity index (χ0n) is 8.21. The van der Waals surface area contributed by atoms with Crippen molar-refractivity contribution in [3.8, 4) is 0 Å². The van der Waals surface area contributed by atoms with E-state index < -0.39 is 29.1 Å². The van der Waals surface area contributed by atoms with E-state index in [0.29, 0.717) is 0 Å². The SMILES string of the molecule is CC(CCl)CS(=O)(=O)NCC(F)(F)CO. The number of nitrogens with one attached hydrogen (secondary N) is 1. The molecule has 0 aliphatic carbocycles. The van der Waals surface area contributed by atoms with E-state index in [-0.39, 0.29) is 17.6 Å². The number of hydrogen-bond acceptors (Lipinski definition) is 3. The first-order valence-corrected chi connectivity index (χ1v) is 6.43. The van der Waals surface area contributed by atoms with Crippen molar-refractivity contribution < 1.29 is 22.3 Å². The molecule has 0 rings (SSSR count). The van der Waals surface area contributed by atoms with Crippen LogP contribution in [0.25, 0.3) is 0 Å². The molecule has 8 heteroatoms. The number of hydrogen-bond donors (Lipinski definition) is 2. The van der Waals surface area contributed by atoms with E-state index >= 15 is 0 Å². The summed E-state index contributed by atoms with van der Waals surface area (Å²) in [5, 5.41) is 8.21. The molecular formula is C7H14ClF2NO3S. The van der Waals surface area contributed by atoms with Crippen LogP contribution in [0.5, 0.6) is 0 Å². The summed E-state index contributed by atoms with van der Waals surface area (Å²) >= 11 is 5.40. The Hall–Kier alpha value is 0.0200. The minimum Gasteiger partial charge on any atom is -0.390 e. The monoisotopic (exact) mass is 265 g/mol. The first kappa shape index (κ1) is 15.0. The second-order valence-electron chi connectivity index (χ2n) is 3.38. The van der Waals surface area contributed by atoms with Gasteiger partial charge >= 0.3 is 0 Å². The summed E-state index contributed by atoms with van der Waals surface area (Å²) in [5.74, 6) is -3.92. The lowest BCUT2D eigenvalue weighted by atomic mass is 10.3. The van der Waals surface area contributed by atoms with Crippen LogP contribution in [0.4, 0.5) is 8.78 Å². The van der Waals surface area contributed by atoms with Gasteiger partial charge in [0.1, 0.15) is 6.61 Å². The van der Waals surface area contributed by atoms with Gasteiger partial charge in [0.15, 0.2) is 0 Å². The van der Waals surface area contributed by atoms with E-state index in [2.05, 4.69) is 0 Å². The number of alkyl halides is 3. The third-order valence-electron chi connectivity index (χ3n) is 1.55. The first-order chi connectivity index (χ1) is 6.72. The van der Waals surface area contributed by atoms with Crippen LogP contribution in [-0.2, 0) is 10.0 Å². The molecule has 0 saturated heterocycles. The molecule has 92 valence electrons. The van der Waals surface area contributed by atoms with Crippen LogP contribution >= 0.6 is 11.6 Å². The molecule has 0 spiro atoms. The summed E-state index contributed by atoms with van der Waals surface area (Å²) in [6.07, 6.45) is 0. The molecule has 0 amide bonds. The van der Waals surface area contributed by atoms with Crippen LogP contribution in [0.15, 0.2) is 0 Å². The molecule has 0 heterocycles. The highest BCUT2D eigenvalue weighted by molar-refractivity contribution is 7.89. The second-order valence-corrected chi connectivity index (χ2v) is 5.54. The lowest BCUT2D eigenvalue weighted by Crippen LogP contribution is -2.40. The molecule has 0 aromatic rings. The van der Waals surface area contributed by atoms with E-state index in [1.165, 1.54) is 0 Å². The molecule has 0 radical (unpaired) electrons. The normalized spacial score (nSPS) is 15.3. The molecule has 15 heavy (non-hydrogen) atoms. The van der Waals surface area contributed by atoms with Crippen molar-refractivity contribution in [3.63, 3.8) is 0 Å². The van der Waals surface area contributed by atoms with E-state index in [9.17, 15) is 17.2 Å². The predicted molar refractivity (Wildman–Crippen MR) is 53.7 cm³/mol. The van der Waals surface area contributed by atoms with Crippen molar-refractivity contribution in [2.75, 3.05) is 24.8 Å². The van der Waals surface area contributed by atoms with Crippen LogP contribution in [0.2, 0.25) is 0 Å². The minimum absolute atomic E-state index is 0.136. The number of aliphatic hydroxyl groups excluding tert-OH is 1. The lowest BCUT2D eigenvalue weighted by molar-refractivity contribution is -0.0437. The van der Waals surface area contributed by atoms with Crippen LogP contribution in [0.1, 0.15) is 6.92 Å². The molecule has 0 aromatic heterocycles. The van der Waals surface area contributed by atoms with Crippen molar-refractivity contribution in [2.24, 2.45) is 5.92 Å². The quantitative estimate of drug-likeness (QED) is 0.655. The Morgan fingerprint density at radius 1 is 1.53 bits per heavy atom. The molecule has 1 unspecified atom stereocenters. The Balaban J connectivity index is 4.17. The largest absolute Gasteiger partial charge is 0.390 e. The van der Waals surface area contributed by atoms with Gasteiger partial charge in [0, 0.05) is 5.88 Å². The predicted octanol–water partition coefficient (Wildman–Crippen LogP) is 0.408. The van der Waals surface area contributed by atoms with Gasteiger partial charge in [0.25, 0.3) is 5.92 Å². The molecule has 2 N–H and O–H groups in total. The third kappa shape index (κ3) is 6.99. The molecule has 1 atom stereocenters. The standard InChI is InChI=1S/C7H14ClF2NO3S/c1-6(2-8)3-15(13,14)11-4-7(9,10)5-12/h6,11-12H,2-5H2,1H3. The summed E-state index contributed by atoms with van der Waals surface area (Å²) in [4.78, 5) is 0. The molecule has 0 aliphatic heterocycles. The maximum Gasteiger partial charge on any atom is 0.283 e. The van der Waals surface area contributed by atoms with Gasteiger partial charge < -0.3 is 5.11 Å². The fraction of sp³-hybridized carbons (Fsp3) is 1.00. The summed E-state index contributed by atoms with van der Waals surface area (Å²) < 4.78 is 49.1. The van der Waals surface area contributed by atoms with Gasteiger partial charge in [-0.05, 0) is 5.92 Å². The number of sulfonamides is 1. The van der Waals surface area contributed by atoms with Crippen molar-refractivity contribution in [2.45, 2.75) is 12.8 Å². The van der Waals surface area contributed by atoms with Crippen molar-refractivity contribution >= 4 is 21.6 Å². The highest BCUT2D eigenvalue weighted by Crippen LogP contribution is 2.11. The van der Waals surface area contributed by atoms with Gasteiger partial charge in [-0.25, -0.2) is 21.9 Å². The number of halogens is 3. The molecule has 0 aromatic carbocycles. The van der Waals surface area contributed by atoms with Crippen LogP contribution in [0, 0.1) is 5.92 Å². The van der Waals surface area contributed by atoms with Crippen LogP contribution in [-0.4, -0.2) is 44.2 Å². The highest BCUT2D eigenvalue weighted by atomic mass is 35.5. The molecule has 0 saturated carbocycles. The Kier molecular flexibility index (Phi) is 5.94. The van der Waals surface area contributed by atoms with Gasteiger partial charge in [-0.2, -0.15) is 0 Å². The Labute approximate surface area is 92.7 Å². The number of rotatable bonds is 7. The molecular weight excluding hydrogens is 252 g/mol. The average molecular weight is 266 g/mol. The van der Waals surface area contributed by atoms with Gasteiger partial charge in [0.05, 0.1) is 12.3 Å². The maximum absolute atomic E-state index is 12.5. The minimum atomic E-state index is -3.76. The van der Waals surface area contributed by atoms with E-state index in [1.807, 2.05) is 0 Å². The summed E-state index contributed by atoms with van der Waals surface area (Å²) in [6, 6.07) is 0. The average Bonchev–Trinajstić information content (AvgIpc) is 2.14. The summed E-state index contributed by atoms with van der Waals surface area (Å²) in [7, 11) is -3.76. The Bertz CT molecular complexity index is 284. The fourth-order valence-corrected chi connectivity index (χ4v) is 2.40. The third-order valence-corrected chi connectivity index (χ3v) is 3.67. The smallest absolute Gasteiger partial charge is 0.283 e. The van der Waals surface area contributed by atoms with E-state index in [0.717, 1.165) is 0 Å². The van der Waals surface area contributed by atoms with Crippen molar-refractivity contribution in [3.05, 3.63) is 0 Å². The van der Waals surface area contributed by atoms with Crippen molar-refractivity contribution in [1.82, 2.24) is 4.72 Å².